The molecule has 24 heavy (non-hydrogen) atoms. The number of anilines is 1. The van der Waals surface area contributed by atoms with Gasteiger partial charge in [-0.25, -0.2) is 0 Å². The van der Waals surface area contributed by atoms with Crippen molar-refractivity contribution in [3.05, 3.63) is 46.3 Å². The van der Waals surface area contributed by atoms with Crippen molar-refractivity contribution in [2.45, 2.75) is 19.8 Å². The first kappa shape index (κ1) is 16.3. The molecule has 1 fully saturated rings. The lowest BCUT2D eigenvalue weighted by molar-refractivity contribution is -0.385. The topological polar surface area (TPSA) is 73.4 Å². The quantitative estimate of drug-likeness (QED) is 0.601. The number of benzene rings is 1. The van der Waals surface area contributed by atoms with Crippen molar-refractivity contribution in [3.8, 4) is 5.75 Å². The third-order valence-electron chi connectivity index (χ3n) is 4.37. The Hall–Kier alpha value is -2.57. The molecule has 7 nitrogen and oxygen atoms in total. The van der Waals surface area contributed by atoms with Crippen LogP contribution in [0.4, 0.5) is 11.4 Å². The highest BCUT2D eigenvalue weighted by molar-refractivity contribution is 5.70. The standard InChI is InChI=1S/C17H22N4O3/c1-3-24-16-6-4-5-15(17(16)21(22)23)20-8-7-13(12-20)9-14-10-18-19(2)11-14/h4-6,10-11,13H,3,7-9,12H2,1-2H3/t13-/m0/s1. The molecule has 1 aromatic carbocycles. The Morgan fingerprint density at radius 3 is 2.96 bits per heavy atom. The van der Waals surface area contributed by atoms with E-state index in [2.05, 4.69) is 10.00 Å². The molecular weight excluding hydrogens is 308 g/mol. The van der Waals surface area contributed by atoms with Crippen molar-refractivity contribution in [1.82, 2.24) is 9.78 Å². The lowest BCUT2D eigenvalue weighted by atomic mass is 10.0. The van der Waals surface area contributed by atoms with E-state index in [9.17, 15) is 10.1 Å². The molecule has 0 unspecified atom stereocenters. The number of ether oxygens (including phenoxy) is 1. The molecule has 7 heteroatoms. The number of nitro groups is 1. The van der Waals surface area contributed by atoms with Crippen LogP contribution in [0.15, 0.2) is 30.6 Å². The molecule has 1 atom stereocenters. The summed E-state index contributed by atoms with van der Waals surface area (Å²) in [6.45, 7) is 3.87. The average molecular weight is 330 g/mol. The Balaban J connectivity index is 1.77. The summed E-state index contributed by atoms with van der Waals surface area (Å²) in [5.74, 6) is 0.820. The average Bonchev–Trinajstić information content (AvgIpc) is 3.17. The highest BCUT2D eigenvalue weighted by atomic mass is 16.6. The maximum Gasteiger partial charge on any atom is 0.333 e. The molecule has 0 bridgehead atoms. The Bertz CT molecular complexity index is 728. The lowest BCUT2D eigenvalue weighted by Crippen LogP contribution is -2.21. The van der Waals surface area contributed by atoms with Crippen LogP contribution in [0.5, 0.6) is 5.75 Å². The summed E-state index contributed by atoms with van der Waals surface area (Å²) >= 11 is 0. The van der Waals surface area contributed by atoms with E-state index in [0.29, 0.717) is 24.0 Å². The summed E-state index contributed by atoms with van der Waals surface area (Å²) in [7, 11) is 1.91. The van der Waals surface area contributed by atoms with Gasteiger partial charge in [0.2, 0.25) is 0 Å². The highest BCUT2D eigenvalue weighted by Gasteiger charge is 2.30. The molecule has 1 saturated heterocycles. The predicted octanol–water partition coefficient (Wildman–Crippen LogP) is 2.80. The summed E-state index contributed by atoms with van der Waals surface area (Å²) in [6, 6.07) is 5.29. The molecule has 2 aromatic rings. The molecule has 0 spiro atoms. The van der Waals surface area contributed by atoms with Gasteiger partial charge in [-0.3, -0.25) is 14.8 Å². The lowest BCUT2D eigenvalue weighted by Gasteiger charge is -2.19. The first-order valence-corrected chi connectivity index (χ1v) is 8.21. The summed E-state index contributed by atoms with van der Waals surface area (Å²) in [6.07, 6.45) is 5.88. The summed E-state index contributed by atoms with van der Waals surface area (Å²) < 4.78 is 7.25. The van der Waals surface area contributed by atoms with Gasteiger partial charge < -0.3 is 9.64 Å². The summed E-state index contributed by atoms with van der Waals surface area (Å²) in [5, 5.41) is 15.7. The van der Waals surface area contributed by atoms with Crippen molar-refractivity contribution in [1.29, 1.82) is 0 Å². The number of aryl methyl sites for hydroxylation is 1. The number of hydrogen-bond donors (Lipinski definition) is 0. The zero-order chi connectivity index (χ0) is 17.1. The monoisotopic (exact) mass is 330 g/mol. The fourth-order valence-corrected chi connectivity index (χ4v) is 3.35. The minimum absolute atomic E-state index is 0.0707. The third-order valence-corrected chi connectivity index (χ3v) is 4.37. The maximum atomic E-state index is 11.5. The second-order valence-electron chi connectivity index (χ2n) is 6.14. The SMILES string of the molecule is CCOc1cccc(N2CC[C@@H](Cc3cnn(C)c3)C2)c1[N+](=O)[O-]. The number of nitro benzene ring substituents is 1. The zero-order valence-electron chi connectivity index (χ0n) is 14.0. The summed E-state index contributed by atoms with van der Waals surface area (Å²) in [5.41, 5.74) is 1.93. The Morgan fingerprint density at radius 1 is 1.46 bits per heavy atom. The van der Waals surface area contributed by atoms with E-state index in [1.807, 2.05) is 38.5 Å². The summed E-state index contributed by atoms with van der Waals surface area (Å²) in [4.78, 5) is 13.3. The normalized spacial score (nSPS) is 17.2. The molecule has 0 N–H and O–H groups in total. The van der Waals surface area contributed by atoms with E-state index < -0.39 is 0 Å². The number of rotatable bonds is 6. The number of aromatic nitrogens is 2. The number of nitrogens with zero attached hydrogens (tertiary/aromatic N) is 4. The fraction of sp³-hybridized carbons (Fsp3) is 0.471. The van der Waals surface area contributed by atoms with Crippen LogP contribution in [0.1, 0.15) is 18.9 Å². The van der Waals surface area contributed by atoms with Gasteiger partial charge in [0.05, 0.1) is 17.7 Å². The van der Waals surface area contributed by atoms with E-state index in [1.54, 1.807) is 10.7 Å². The fourth-order valence-electron chi connectivity index (χ4n) is 3.35. The van der Waals surface area contributed by atoms with Crippen LogP contribution >= 0.6 is 0 Å². The van der Waals surface area contributed by atoms with Gasteiger partial charge in [0.1, 0.15) is 5.69 Å². The molecule has 0 amide bonds. The van der Waals surface area contributed by atoms with E-state index in [0.717, 1.165) is 25.9 Å². The minimum Gasteiger partial charge on any atom is -0.487 e. The van der Waals surface area contributed by atoms with Gasteiger partial charge in [0.15, 0.2) is 5.75 Å². The van der Waals surface area contributed by atoms with Gasteiger partial charge in [0, 0.05) is 26.3 Å². The first-order chi connectivity index (χ1) is 11.6. The smallest absolute Gasteiger partial charge is 0.333 e. The largest absolute Gasteiger partial charge is 0.487 e. The van der Waals surface area contributed by atoms with E-state index in [-0.39, 0.29) is 10.6 Å². The van der Waals surface area contributed by atoms with Gasteiger partial charge in [-0.2, -0.15) is 5.10 Å². The van der Waals surface area contributed by atoms with Crippen LogP contribution < -0.4 is 9.64 Å². The molecule has 0 saturated carbocycles. The first-order valence-electron chi connectivity index (χ1n) is 8.21. The Morgan fingerprint density at radius 2 is 2.29 bits per heavy atom. The van der Waals surface area contributed by atoms with Crippen LogP contribution in [-0.4, -0.2) is 34.4 Å². The molecule has 0 radical (unpaired) electrons. The minimum atomic E-state index is -0.339. The molecule has 3 rings (SSSR count). The van der Waals surface area contributed by atoms with Crippen LogP contribution in [0.3, 0.4) is 0 Å². The van der Waals surface area contributed by atoms with Crippen LogP contribution in [-0.2, 0) is 13.5 Å². The van der Waals surface area contributed by atoms with E-state index in [1.165, 1.54) is 5.56 Å². The van der Waals surface area contributed by atoms with Gasteiger partial charge in [-0.05, 0) is 43.4 Å². The van der Waals surface area contributed by atoms with E-state index >= 15 is 0 Å². The van der Waals surface area contributed by atoms with Crippen molar-refractivity contribution in [3.63, 3.8) is 0 Å². The second-order valence-corrected chi connectivity index (χ2v) is 6.14. The van der Waals surface area contributed by atoms with Crippen LogP contribution in [0.25, 0.3) is 0 Å². The molecule has 1 aromatic heterocycles. The number of para-hydroxylation sites is 1. The van der Waals surface area contributed by atoms with Crippen LogP contribution in [0, 0.1) is 16.0 Å². The Labute approximate surface area is 141 Å². The second kappa shape index (κ2) is 6.90. The predicted molar refractivity (Wildman–Crippen MR) is 91.5 cm³/mol. The molecule has 128 valence electrons. The highest BCUT2D eigenvalue weighted by Crippen LogP contribution is 2.39. The number of hydrogen-bond acceptors (Lipinski definition) is 5. The molecular formula is C17H22N4O3. The van der Waals surface area contributed by atoms with Crippen LogP contribution in [0.2, 0.25) is 0 Å². The van der Waals surface area contributed by atoms with Crippen molar-refractivity contribution in [2.24, 2.45) is 13.0 Å². The maximum absolute atomic E-state index is 11.5. The van der Waals surface area contributed by atoms with Crippen molar-refractivity contribution in [2.75, 3.05) is 24.6 Å². The van der Waals surface area contributed by atoms with E-state index in [4.69, 9.17) is 4.74 Å². The Kier molecular flexibility index (Phi) is 4.69. The van der Waals surface area contributed by atoms with Gasteiger partial charge in [-0.1, -0.05) is 6.07 Å². The van der Waals surface area contributed by atoms with Gasteiger partial charge in [0.25, 0.3) is 0 Å². The van der Waals surface area contributed by atoms with Crippen molar-refractivity contribution < 1.29 is 9.66 Å². The molecule has 1 aliphatic heterocycles. The van der Waals surface area contributed by atoms with Gasteiger partial charge in [-0.15, -0.1) is 0 Å². The van der Waals surface area contributed by atoms with Gasteiger partial charge >= 0.3 is 5.69 Å². The molecule has 0 aliphatic carbocycles. The van der Waals surface area contributed by atoms with Crippen molar-refractivity contribution >= 4 is 11.4 Å². The third kappa shape index (κ3) is 3.34. The zero-order valence-corrected chi connectivity index (χ0v) is 14.0. The molecule has 1 aliphatic rings. The molecule has 2 heterocycles.